The maximum absolute atomic E-state index is 12.4. The molecular formula is C21H31N5O3. The number of hydrogen-bond donors (Lipinski definition) is 1. The second kappa shape index (κ2) is 8.23. The van der Waals surface area contributed by atoms with Crippen LogP contribution in [0.1, 0.15) is 27.7 Å². The van der Waals surface area contributed by atoms with Crippen LogP contribution in [0.15, 0.2) is 24.5 Å². The first-order valence-electron chi connectivity index (χ1n) is 9.95. The number of benzene rings is 1. The zero-order valence-electron chi connectivity index (χ0n) is 17.9. The Hall–Kier alpha value is -2.90. The topological polar surface area (TPSA) is 85.9 Å². The van der Waals surface area contributed by atoms with Crippen molar-refractivity contribution in [2.75, 3.05) is 43.9 Å². The number of nitrogen functional groups attached to an aromatic ring is 1. The Morgan fingerprint density at radius 2 is 1.90 bits per heavy atom. The van der Waals surface area contributed by atoms with E-state index in [1.165, 1.54) is 0 Å². The quantitative estimate of drug-likeness (QED) is 0.792. The standard InChI is InChI=1S/C21H31N5O3/c1-6-26-14-15(13-23-26)16-11-17(22)19(28-5)12-18(16)24-7-9-25(10-8-24)20(27)29-21(2,3)4/h11-14H,6-10,22H2,1-5H3. The Balaban J connectivity index is 1.84. The van der Waals surface area contributed by atoms with E-state index in [2.05, 4.69) is 16.9 Å². The molecule has 2 aromatic rings. The monoisotopic (exact) mass is 401 g/mol. The molecule has 0 saturated carbocycles. The van der Waals surface area contributed by atoms with Crippen molar-refractivity contribution >= 4 is 17.5 Å². The van der Waals surface area contributed by atoms with E-state index in [1.807, 2.05) is 50.0 Å². The average Bonchev–Trinajstić information content (AvgIpc) is 3.15. The van der Waals surface area contributed by atoms with Gasteiger partial charge < -0.3 is 25.0 Å². The van der Waals surface area contributed by atoms with Crippen LogP contribution in [0.25, 0.3) is 11.1 Å². The Morgan fingerprint density at radius 1 is 1.21 bits per heavy atom. The van der Waals surface area contributed by atoms with Crippen LogP contribution in [0.4, 0.5) is 16.2 Å². The number of carbonyl (C=O) groups is 1. The zero-order valence-corrected chi connectivity index (χ0v) is 17.9. The van der Waals surface area contributed by atoms with Crippen LogP contribution >= 0.6 is 0 Å². The summed E-state index contributed by atoms with van der Waals surface area (Å²) in [6.45, 7) is 11.1. The second-order valence-electron chi connectivity index (χ2n) is 8.15. The number of nitrogens with zero attached hydrogens (tertiary/aromatic N) is 4. The summed E-state index contributed by atoms with van der Waals surface area (Å²) in [4.78, 5) is 16.4. The molecule has 1 aliphatic rings. The fourth-order valence-corrected chi connectivity index (χ4v) is 3.39. The van der Waals surface area contributed by atoms with Crippen molar-refractivity contribution in [3.63, 3.8) is 0 Å². The van der Waals surface area contributed by atoms with Crippen LogP contribution in [-0.4, -0.2) is 59.7 Å². The molecule has 8 nitrogen and oxygen atoms in total. The number of rotatable bonds is 4. The summed E-state index contributed by atoms with van der Waals surface area (Å²) in [7, 11) is 1.62. The van der Waals surface area contributed by atoms with Crippen molar-refractivity contribution < 1.29 is 14.3 Å². The summed E-state index contributed by atoms with van der Waals surface area (Å²) in [5, 5.41) is 4.40. The molecule has 1 aliphatic heterocycles. The van der Waals surface area contributed by atoms with Gasteiger partial charge in [0.15, 0.2) is 0 Å². The summed E-state index contributed by atoms with van der Waals surface area (Å²) >= 11 is 0. The lowest BCUT2D eigenvalue weighted by Crippen LogP contribution is -2.50. The minimum Gasteiger partial charge on any atom is -0.495 e. The number of anilines is 2. The summed E-state index contributed by atoms with van der Waals surface area (Å²) in [6, 6.07) is 3.91. The summed E-state index contributed by atoms with van der Waals surface area (Å²) in [5.74, 6) is 0.640. The van der Waals surface area contributed by atoms with Gasteiger partial charge in [0, 0.05) is 61.8 Å². The van der Waals surface area contributed by atoms with E-state index < -0.39 is 5.60 Å². The molecule has 3 rings (SSSR count). The highest BCUT2D eigenvalue weighted by Crippen LogP contribution is 2.38. The van der Waals surface area contributed by atoms with Gasteiger partial charge in [-0.25, -0.2) is 4.79 Å². The Bertz CT molecular complexity index is 864. The molecule has 0 radical (unpaired) electrons. The van der Waals surface area contributed by atoms with E-state index in [1.54, 1.807) is 12.0 Å². The van der Waals surface area contributed by atoms with E-state index >= 15 is 0 Å². The lowest BCUT2D eigenvalue weighted by Gasteiger charge is -2.37. The van der Waals surface area contributed by atoms with E-state index in [4.69, 9.17) is 15.2 Å². The van der Waals surface area contributed by atoms with Gasteiger partial charge in [0.1, 0.15) is 11.4 Å². The van der Waals surface area contributed by atoms with Gasteiger partial charge >= 0.3 is 6.09 Å². The van der Waals surface area contributed by atoms with Crippen LogP contribution in [0.5, 0.6) is 5.75 Å². The van der Waals surface area contributed by atoms with Gasteiger partial charge in [0.2, 0.25) is 0 Å². The van der Waals surface area contributed by atoms with E-state index in [0.29, 0.717) is 37.6 Å². The molecule has 29 heavy (non-hydrogen) atoms. The minimum atomic E-state index is -0.495. The molecule has 1 fully saturated rings. The summed E-state index contributed by atoms with van der Waals surface area (Å²) in [6.07, 6.45) is 3.60. The molecule has 1 amide bonds. The summed E-state index contributed by atoms with van der Waals surface area (Å²) in [5.41, 5.74) is 9.32. The number of hydrogen-bond acceptors (Lipinski definition) is 6. The van der Waals surface area contributed by atoms with Crippen LogP contribution in [0.3, 0.4) is 0 Å². The van der Waals surface area contributed by atoms with Crippen molar-refractivity contribution in [3.8, 4) is 16.9 Å². The van der Waals surface area contributed by atoms with Gasteiger partial charge in [-0.05, 0) is 33.8 Å². The maximum Gasteiger partial charge on any atom is 0.410 e. The van der Waals surface area contributed by atoms with Crippen LogP contribution in [0, 0.1) is 0 Å². The molecule has 1 aromatic heterocycles. The van der Waals surface area contributed by atoms with E-state index in [-0.39, 0.29) is 6.09 Å². The van der Waals surface area contributed by atoms with Gasteiger partial charge in [0.25, 0.3) is 0 Å². The highest BCUT2D eigenvalue weighted by atomic mass is 16.6. The fourth-order valence-electron chi connectivity index (χ4n) is 3.39. The molecule has 158 valence electrons. The third kappa shape index (κ3) is 4.75. The number of piperazine rings is 1. The molecule has 0 spiro atoms. The number of amides is 1. The zero-order chi connectivity index (χ0) is 21.2. The van der Waals surface area contributed by atoms with Crippen molar-refractivity contribution in [1.29, 1.82) is 0 Å². The number of aryl methyl sites for hydroxylation is 1. The fraction of sp³-hybridized carbons (Fsp3) is 0.524. The molecule has 8 heteroatoms. The van der Waals surface area contributed by atoms with Crippen molar-refractivity contribution in [1.82, 2.24) is 14.7 Å². The number of methoxy groups -OCH3 is 1. The number of aromatic nitrogens is 2. The van der Waals surface area contributed by atoms with Crippen LogP contribution in [0.2, 0.25) is 0 Å². The molecule has 0 atom stereocenters. The highest BCUT2D eigenvalue weighted by Gasteiger charge is 2.27. The first-order valence-corrected chi connectivity index (χ1v) is 9.95. The van der Waals surface area contributed by atoms with Gasteiger partial charge in [-0.1, -0.05) is 0 Å². The molecule has 2 heterocycles. The predicted molar refractivity (Wildman–Crippen MR) is 114 cm³/mol. The smallest absolute Gasteiger partial charge is 0.410 e. The molecule has 0 aliphatic carbocycles. The van der Waals surface area contributed by atoms with Crippen LogP contribution < -0.4 is 15.4 Å². The Morgan fingerprint density at radius 3 is 2.45 bits per heavy atom. The largest absolute Gasteiger partial charge is 0.495 e. The van der Waals surface area contributed by atoms with Crippen LogP contribution in [-0.2, 0) is 11.3 Å². The lowest BCUT2D eigenvalue weighted by molar-refractivity contribution is 0.0240. The molecule has 2 N–H and O–H groups in total. The van der Waals surface area contributed by atoms with Crippen molar-refractivity contribution in [3.05, 3.63) is 24.5 Å². The maximum atomic E-state index is 12.4. The SMILES string of the molecule is CCn1cc(-c2cc(N)c(OC)cc2N2CCN(C(=O)OC(C)(C)C)CC2)cn1. The van der Waals surface area contributed by atoms with Gasteiger partial charge in [-0.3, -0.25) is 4.68 Å². The highest BCUT2D eigenvalue weighted by molar-refractivity contribution is 5.84. The first kappa shape index (κ1) is 20.8. The Labute approximate surface area is 172 Å². The normalized spacial score (nSPS) is 14.8. The van der Waals surface area contributed by atoms with Crippen molar-refractivity contribution in [2.45, 2.75) is 39.8 Å². The summed E-state index contributed by atoms with van der Waals surface area (Å²) < 4.78 is 12.8. The molecule has 1 saturated heterocycles. The Kier molecular flexibility index (Phi) is 5.91. The molecule has 0 unspecified atom stereocenters. The van der Waals surface area contributed by atoms with Crippen molar-refractivity contribution in [2.24, 2.45) is 0 Å². The third-order valence-electron chi connectivity index (χ3n) is 4.89. The minimum absolute atomic E-state index is 0.267. The number of ether oxygens (including phenoxy) is 2. The molecule has 1 aromatic carbocycles. The lowest BCUT2D eigenvalue weighted by atomic mass is 10.0. The number of nitrogens with two attached hydrogens (primary N) is 1. The van der Waals surface area contributed by atoms with Gasteiger partial charge in [-0.2, -0.15) is 5.10 Å². The van der Waals surface area contributed by atoms with Gasteiger partial charge in [0.05, 0.1) is 19.0 Å². The first-order chi connectivity index (χ1) is 13.7. The second-order valence-corrected chi connectivity index (χ2v) is 8.15. The average molecular weight is 402 g/mol. The molecular weight excluding hydrogens is 370 g/mol. The van der Waals surface area contributed by atoms with Gasteiger partial charge in [-0.15, -0.1) is 0 Å². The predicted octanol–water partition coefficient (Wildman–Crippen LogP) is 3.22. The van der Waals surface area contributed by atoms with E-state index in [0.717, 1.165) is 23.4 Å². The third-order valence-corrected chi connectivity index (χ3v) is 4.89. The molecule has 0 bridgehead atoms. The number of carbonyl (C=O) groups excluding carboxylic acids is 1. The van der Waals surface area contributed by atoms with E-state index in [9.17, 15) is 4.79 Å².